The molecule has 3 heterocycles. The molecule has 4 rings (SSSR count). The minimum Gasteiger partial charge on any atom is -0.355 e. The van der Waals surface area contributed by atoms with Gasteiger partial charge in [-0.15, -0.1) is 11.3 Å². The van der Waals surface area contributed by atoms with E-state index in [-0.39, 0.29) is 16.5 Å². The number of nitrogens with one attached hydrogen (secondary N) is 2. The van der Waals surface area contributed by atoms with E-state index in [0.717, 1.165) is 4.88 Å². The highest BCUT2D eigenvalue weighted by atomic mass is 32.2. The molecule has 0 atom stereocenters. The predicted molar refractivity (Wildman–Crippen MR) is 107 cm³/mol. The van der Waals surface area contributed by atoms with Crippen LogP contribution in [0.2, 0.25) is 0 Å². The number of benzene rings is 1. The van der Waals surface area contributed by atoms with Crippen LogP contribution in [0.1, 0.15) is 10.5 Å². The zero-order valence-corrected chi connectivity index (χ0v) is 16.3. The van der Waals surface area contributed by atoms with Gasteiger partial charge in [0, 0.05) is 24.1 Å². The Morgan fingerprint density at radius 1 is 1.03 bits per heavy atom. The molecule has 0 spiro atoms. The Bertz CT molecular complexity index is 1220. The lowest BCUT2D eigenvalue weighted by Gasteiger charge is -2.07. The number of aromatic nitrogens is 3. The van der Waals surface area contributed by atoms with E-state index in [9.17, 15) is 13.2 Å². The lowest BCUT2D eigenvalue weighted by molar-refractivity contribution is 0.101. The molecule has 11 heteroatoms. The monoisotopic (exact) mass is 427 g/mol. The standard InChI is InChI=1S/C18H13N5O4S2/c24-17(14-11-15(27-22-14)16-3-1-10-28-16)21-12-4-6-13(7-5-12)29(25,26)23-18-19-8-2-9-20-18/h1-11H,(H,21,24)(H,19,20,23). The number of hydrogen-bond acceptors (Lipinski definition) is 8. The topological polar surface area (TPSA) is 127 Å². The first-order valence-electron chi connectivity index (χ1n) is 8.23. The van der Waals surface area contributed by atoms with Gasteiger partial charge in [-0.1, -0.05) is 11.2 Å². The van der Waals surface area contributed by atoms with E-state index in [2.05, 4.69) is 25.2 Å². The molecule has 3 aromatic heterocycles. The average Bonchev–Trinajstić information content (AvgIpc) is 3.41. The lowest BCUT2D eigenvalue weighted by Crippen LogP contribution is -2.15. The van der Waals surface area contributed by atoms with E-state index in [1.165, 1.54) is 48.0 Å². The summed E-state index contributed by atoms with van der Waals surface area (Å²) in [6.45, 7) is 0. The van der Waals surface area contributed by atoms with Gasteiger partial charge in [-0.05, 0) is 41.8 Å². The smallest absolute Gasteiger partial charge is 0.277 e. The molecule has 0 saturated carbocycles. The lowest BCUT2D eigenvalue weighted by atomic mass is 10.3. The van der Waals surface area contributed by atoms with Crippen molar-refractivity contribution in [3.8, 4) is 10.6 Å². The van der Waals surface area contributed by atoms with Crippen LogP contribution < -0.4 is 10.0 Å². The van der Waals surface area contributed by atoms with Crippen LogP contribution in [0.4, 0.5) is 11.6 Å². The second kappa shape index (κ2) is 7.81. The van der Waals surface area contributed by atoms with Crippen molar-refractivity contribution >= 4 is 38.9 Å². The molecule has 0 fully saturated rings. The van der Waals surface area contributed by atoms with Crippen LogP contribution >= 0.6 is 11.3 Å². The Labute approximate surface area is 169 Å². The van der Waals surface area contributed by atoms with Crippen molar-refractivity contribution in [2.24, 2.45) is 0 Å². The molecule has 0 aliphatic carbocycles. The summed E-state index contributed by atoms with van der Waals surface area (Å²) in [4.78, 5) is 20.9. The highest BCUT2D eigenvalue weighted by Crippen LogP contribution is 2.25. The Hall–Kier alpha value is -3.57. The summed E-state index contributed by atoms with van der Waals surface area (Å²) in [7, 11) is -3.85. The third kappa shape index (κ3) is 4.31. The van der Waals surface area contributed by atoms with E-state index in [0.29, 0.717) is 11.4 Å². The van der Waals surface area contributed by atoms with Crippen LogP contribution in [0.5, 0.6) is 0 Å². The van der Waals surface area contributed by atoms with Crippen molar-refractivity contribution in [2.45, 2.75) is 4.90 Å². The number of hydrogen-bond donors (Lipinski definition) is 2. The van der Waals surface area contributed by atoms with Crippen molar-refractivity contribution in [1.29, 1.82) is 0 Å². The molecule has 4 aromatic rings. The van der Waals surface area contributed by atoms with Crippen molar-refractivity contribution in [1.82, 2.24) is 15.1 Å². The van der Waals surface area contributed by atoms with Gasteiger partial charge in [0.1, 0.15) is 0 Å². The fourth-order valence-electron chi connectivity index (χ4n) is 2.36. The van der Waals surface area contributed by atoms with E-state index in [4.69, 9.17) is 4.52 Å². The third-order valence-electron chi connectivity index (χ3n) is 3.72. The molecule has 0 aliphatic heterocycles. The number of amides is 1. The maximum Gasteiger partial charge on any atom is 0.277 e. The van der Waals surface area contributed by atoms with Crippen LogP contribution in [0.15, 0.2) is 75.7 Å². The fraction of sp³-hybridized carbons (Fsp3) is 0. The first-order valence-corrected chi connectivity index (χ1v) is 10.6. The zero-order chi connectivity index (χ0) is 20.3. The van der Waals surface area contributed by atoms with Crippen LogP contribution in [-0.2, 0) is 10.0 Å². The van der Waals surface area contributed by atoms with Gasteiger partial charge in [-0.3, -0.25) is 4.79 Å². The molecule has 2 N–H and O–H groups in total. The van der Waals surface area contributed by atoms with Crippen LogP contribution in [0.3, 0.4) is 0 Å². The summed E-state index contributed by atoms with van der Waals surface area (Å²) in [6, 6.07) is 12.5. The molecule has 1 amide bonds. The van der Waals surface area contributed by atoms with Crippen LogP contribution in [0, 0.1) is 0 Å². The van der Waals surface area contributed by atoms with Gasteiger partial charge >= 0.3 is 0 Å². The number of rotatable bonds is 6. The summed E-state index contributed by atoms with van der Waals surface area (Å²) in [5.41, 5.74) is 0.526. The molecule has 0 unspecified atom stereocenters. The number of carbonyl (C=O) groups is 1. The maximum absolute atomic E-state index is 12.4. The van der Waals surface area contributed by atoms with E-state index < -0.39 is 15.9 Å². The minimum atomic E-state index is -3.85. The fourth-order valence-corrected chi connectivity index (χ4v) is 3.99. The summed E-state index contributed by atoms with van der Waals surface area (Å²) < 4.78 is 32.2. The summed E-state index contributed by atoms with van der Waals surface area (Å²) in [6.07, 6.45) is 2.86. The Morgan fingerprint density at radius 3 is 2.48 bits per heavy atom. The van der Waals surface area contributed by atoms with Crippen LogP contribution in [-0.4, -0.2) is 29.4 Å². The highest BCUT2D eigenvalue weighted by molar-refractivity contribution is 7.92. The van der Waals surface area contributed by atoms with Gasteiger partial charge in [0.15, 0.2) is 11.5 Å². The van der Waals surface area contributed by atoms with E-state index >= 15 is 0 Å². The van der Waals surface area contributed by atoms with Gasteiger partial charge < -0.3 is 9.84 Å². The second-order valence-corrected chi connectivity index (χ2v) is 8.34. The summed E-state index contributed by atoms with van der Waals surface area (Å²) in [5.74, 6) is 0.00114. The van der Waals surface area contributed by atoms with E-state index in [1.807, 2.05) is 17.5 Å². The second-order valence-electron chi connectivity index (χ2n) is 5.71. The zero-order valence-electron chi connectivity index (χ0n) is 14.6. The van der Waals surface area contributed by atoms with Crippen molar-refractivity contribution in [3.05, 3.63) is 72.0 Å². The van der Waals surface area contributed by atoms with Crippen molar-refractivity contribution in [2.75, 3.05) is 10.0 Å². The Balaban J connectivity index is 1.45. The van der Waals surface area contributed by atoms with Gasteiger partial charge in [0.2, 0.25) is 5.95 Å². The van der Waals surface area contributed by atoms with Crippen molar-refractivity contribution in [3.63, 3.8) is 0 Å². The molecule has 0 saturated heterocycles. The summed E-state index contributed by atoms with van der Waals surface area (Å²) >= 11 is 1.47. The highest BCUT2D eigenvalue weighted by Gasteiger charge is 2.17. The number of sulfonamides is 1. The van der Waals surface area contributed by atoms with Crippen LogP contribution in [0.25, 0.3) is 10.6 Å². The first kappa shape index (κ1) is 18.8. The predicted octanol–water partition coefficient (Wildman–Crippen LogP) is 3.25. The van der Waals surface area contributed by atoms with Crippen molar-refractivity contribution < 1.29 is 17.7 Å². The molecular formula is C18H13N5O4S2. The quantitative estimate of drug-likeness (QED) is 0.483. The van der Waals surface area contributed by atoms with Gasteiger partial charge in [0.05, 0.1) is 9.77 Å². The average molecular weight is 427 g/mol. The number of thiophene rings is 1. The molecule has 9 nitrogen and oxygen atoms in total. The van der Waals surface area contributed by atoms with Gasteiger partial charge in [-0.25, -0.2) is 23.1 Å². The largest absolute Gasteiger partial charge is 0.355 e. The molecule has 0 aliphatic rings. The maximum atomic E-state index is 12.4. The summed E-state index contributed by atoms with van der Waals surface area (Å²) in [5, 5.41) is 8.31. The van der Waals surface area contributed by atoms with Gasteiger partial charge in [0.25, 0.3) is 15.9 Å². The minimum absolute atomic E-state index is 0.00405. The number of carbonyl (C=O) groups excluding carboxylic acids is 1. The molecular weight excluding hydrogens is 414 g/mol. The Kier molecular flexibility index (Phi) is 5.06. The Morgan fingerprint density at radius 2 is 1.79 bits per heavy atom. The normalized spacial score (nSPS) is 11.2. The SMILES string of the molecule is O=C(Nc1ccc(S(=O)(=O)Nc2ncccn2)cc1)c1cc(-c2cccs2)on1. The number of nitrogens with zero attached hydrogens (tertiary/aromatic N) is 3. The van der Waals surface area contributed by atoms with E-state index in [1.54, 1.807) is 12.1 Å². The third-order valence-corrected chi connectivity index (χ3v) is 5.95. The first-order chi connectivity index (χ1) is 14.0. The van der Waals surface area contributed by atoms with Gasteiger partial charge in [-0.2, -0.15) is 0 Å². The molecule has 146 valence electrons. The molecule has 29 heavy (non-hydrogen) atoms. The molecule has 0 bridgehead atoms. The molecule has 1 aromatic carbocycles. The molecule has 0 radical (unpaired) electrons. The number of anilines is 2.